The number of rotatable bonds is 9. The van der Waals surface area contributed by atoms with Crippen molar-refractivity contribution in [3.63, 3.8) is 0 Å². The fraction of sp³-hybridized carbons (Fsp3) is 0.889. The highest BCUT2D eigenvalue weighted by Crippen LogP contribution is 2.60. The summed E-state index contributed by atoms with van der Waals surface area (Å²) in [7, 11) is -3.45. The molecular weight excluding hydrogens is 390 g/mol. The van der Waals surface area contributed by atoms with Crippen molar-refractivity contribution in [1.82, 2.24) is 4.90 Å². The Hall–Kier alpha value is -1.39. The number of carbonyl (C=O) groups excluding carboxylic acids is 2. The molecule has 2 fully saturated rings. The Morgan fingerprint density at radius 1 is 1.18 bits per heavy atom. The van der Waals surface area contributed by atoms with E-state index in [2.05, 4.69) is 4.18 Å². The fourth-order valence-electron chi connectivity index (χ4n) is 3.50. The number of esters is 1. The van der Waals surface area contributed by atoms with E-state index in [1.807, 2.05) is 0 Å². The summed E-state index contributed by atoms with van der Waals surface area (Å²) in [6.07, 6.45) is 2.13. The van der Waals surface area contributed by atoms with Crippen molar-refractivity contribution in [1.29, 1.82) is 0 Å². The smallest absolute Gasteiger partial charge is 0.411 e. The van der Waals surface area contributed by atoms with Gasteiger partial charge in [-0.25, -0.2) is 9.59 Å². The quantitative estimate of drug-likeness (QED) is 0.314. The second-order valence-corrected chi connectivity index (χ2v) is 10.0. The Bertz CT molecular complexity index is 686. The topological polar surface area (TPSA) is 108 Å². The van der Waals surface area contributed by atoms with Crippen LogP contribution in [0.2, 0.25) is 0 Å². The van der Waals surface area contributed by atoms with Crippen LogP contribution in [-0.2, 0) is 33.3 Å². The van der Waals surface area contributed by atoms with Gasteiger partial charge in [-0.05, 0) is 47.0 Å². The lowest BCUT2D eigenvalue weighted by atomic mass is 10.0. The van der Waals surface area contributed by atoms with Gasteiger partial charge >= 0.3 is 12.1 Å². The predicted molar refractivity (Wildman–Crippen MR) is 100 cm³/mol. The Kier molecular flexibility index (Phi) is 6.99. The number of carbonyl (C=O) groups is 2. The Balaban J connectivity index is 1.92. The summed E-state index contributed by atoms with van der Waals surface area (Å²) in [6.45, 7) is 8.08. The van der Waals surface area contributed by atoms with Crippen LogP contribution >= 0.6 is 0 Å². The Morgan fingerprint density at radius 2 is 1.86 bits per heavy atom. The summed E-state index contributed by atoms with van der Waals surface area (Å²) in [6, 6.07) is -0.797. The molecule has 0 spiro atoms. The zero-order valence-corrected chi connectivity index (χ0v) is 18.0. The molecule has 9 nitrogen and oxygen atoms in total. The molecule has 10 heteroatoms. The molecule has 162 valence electrons. The van der Waals surface area contributed by atoms with E-state index in [-0.39, 0.29) is 24.7 Å². The molecule has 1 aliphatic carbocycles. The molecule has 0 N–H and O–H groups in total. The summed E-state index contributed by atoms with van der Waals surface area (Å²) >= 11 is 0. The molecule has 0 aromatic heterocycles. The predicted octanol–water partition coefficient (Wildman–Crippen LogP) is 1.70. The van der Waals surface area contributed by atoms with Crippen LogP contribution in [0.3, 0.4) is 0 Å². The van der Waals surface area contributed by atoms with Crippen LogP contribution in [0.5, 0.6) is 0 Å². The van der Waals surface area contributed by atoms with Gasteiger partial charge in [0.25, 0.3) is 10.1 Å². The van der Waals surface area contributed by atoms with E-state index < -0.39 is 33.8 Å². The minimum absolute atomic E-state index is 0.0603. The number of hydrogen-bond donors (Lipinski definition) is 0. The molecule has 2 aliphatic rings. The largest absolute Gasteiger partial charge is 0.464 e. The van der Waals surface area contributed by atoms with Crippen LogP contribution < -0.4 is 0 Å². The van der Waals surface area contributed by atoms with Gasteiger partial charge in [0.05, 0.1) is 26.1 Å². The Morgan fingerprint density at radius 3 is 2.43 bits per heavy atom. The van der Waals surface area contributed by atoms with Crippen LogP contribution in [0.4, 0.5) is 4.79 Å². The lowest BCUT2D eigenvalue weighted by Crippen LogP contribution is -2.46. The normalized spacial score (nSPS) is 26.7. The van der Waals surface area contributed by atoms with E-state index in [9.17, 15) is 18.0 Å². The van der Waals surface area contributed by atoms with Crippen LogP contribution in [0.1, 0.15) is 47.0 Å². The second-order valence-electron chi connectivity index (χ2n) is 8.37. The van der Waals surface area contributed by atoms with E-state index in [0.29, 0.717) is 26.1 Å². The minimum atomic E-state index is -3.45. The minimum Gasteiger partial charge on any atom is -0.464 e. The lowest BCUT2D eigenvalue weighted by Gasteiger charge is -2.29. The van der Waals surface area contributed by atoms with Gasteiger partial charge in [-0.15, -0.1) is 0 Å². The van der Waals surface area contributed by atoms with Gasteiger partial charge in [0.2, 0.25) is 0 Å². The number of nitrogens with zero attached hydrogens (tertiary/aromatic N) is 1. The zero-order valence-electron chi connectivity index (χ0n) is 17.2. The third-order valence-electron chi connectivity index (χ3n) is 4.70. The molecule has 28 heavy (non-hydrogen) atoms. The molecule has 1 aliphatic heterocycles. The van der Waals surface area contributed by atoms with Crippen molar-refractivity contribution in [3.8, 4) is 0 Å². The number of hydrogen-bond acceptors (Lipinski definition) is 8. The maximum Gasteiger partial charge on any atom is 0.411 e. The average molecular weight is 422 g/mol. The van der Waals surface area contributed by atoms with E-state index in [4.69, 9.17) is 14.2 Å². The molecule has 1 amide bonds. The summed E-state index contributed by atoms with van der Waals surface area (Å²) in [5, 5.41) is 0. The number of fused-ring (bicyclic) bond motifs is 1. The SMILES string of the molecule is CCOC(=O)[C@@H]1C[C@]2(COCCCOS(C)(=O)=O)C[C@@H]2N1C(=O)OC(C)(C)C. The van der Waals surface area contributed by atoms with Crippen LogP contribution in [0.25, 0.3) is 0 Å². The first kappa shape index (κ1) is 22.9. The van der Waals surface area contributed by atoms with Crippen molar-refractivity contribution >= 4 is 22.2 Å². The molecule has 3 atom stereocenters. The first-order chi connectivity index (χ1) is 12.9. The van der Waals surface area contributed by atoms with Crippen molar-refractivity contribution in [2.75, 3.05) is 32.7 Å². The van der Waals surface area contributed by atoms with E-state index >= 15 is 0 Å². The van der Waals surface area contributed by atoms with Crippen LogP contribution in [-0.4, -0.2) is 75.7 Å². The van der Waals surface area contributed by atoms with Crippen molar-refractivity contribution in [2.45, 2.75) is 64.6 Å². The molecule has 0 bridgehead atoms. The molecule has 1 saturated heterocycles. The zero-order chi connectivity index (χ0) is 21.2. The molecule has 1 saturated carbocycles. The van der Waals surface area contributed by atoms with Gasteiger partial charge in [0, 0.05) is 18.1 Å². The molecule has 2 rings (SSSR count). The van der Waals surface area contributed by atoms with Gasteiger partial charge in [-0.3, -0.25) is 9.08 Å². The summed E-state index contributed by atoms with van der Waals surface area (Å²) in [5.41, 5.74) is -0.946. The molecule has 1 heterocycles. The highest BCUT2D eigenvalue weighted by molar-refractivity contribution is 7.85. The van der Waals surface area contributed by atoms with Gasteiger partial charge in [0.1, 0.15) is 11.6 Å². The lowest BCUT2D eigenvalue weighted by molar-refractivity contribution is -0.149. The maximum absolute atomic E-state index is 12.7. The first-order valence-electron chi connectivity index (χ1n) is 9.49. The number of ether oxygens (including phenoxy) is 3. The third-order valence-corrected chi connectivity index (χ3v) is 5.30. The van der Waals surface area contributed by atoms with E-state index in [1.54, 1.807) is 27.7 Å². The van der Waals surface area contributed by atoms with E-state index in [0.717, 1.165) is 12.7 Å². The average Bonchev–Trinajstić information content (AvgIpc) is 3.12. The fourth-order valence-corrected chi connectivity index (χ4v) is 3.93. The maximum atomic E-state index is 12.7. The molecule has 0 aromatic carbocycles. The highest BCUT2D eigenvalue weighted by Gasteiger charge is 2.68. The molecular formula is C18H31NO8S. The highest BCUT2D eigenvalue weighted by atomic mass is 32.2. The Labute approximate surface area is 166 Å². The number of piperidine rings is 1. The van der Waals surface area contributed by atoms with Crippen molar-refractivity contribution in [2.24, 2.45) is 5.41 Å². The number of amides is 1. The van der Waals surface area contributed by atoms with Crippen molar-refractivity contribution in [3.05, 3.63) is 0 Å². The first-order valence-corrected chi connectivity index (χ1v) is 11.3. The molecule has 0 aromatic rings. The summed E-state index contributed by atoms with van der Waals surface area (Å²) in [5.74, 6) is -0.429. The van der Waals surface area contributed by atoms with Crippen molar-refractivity contribution < 1.29 is 36.4 Å². The van der Waals surface area contributed by atoms with Crippen LogP contribution in [0.15, 0.2) is 0 Å². The van der Waals surface area contributed by atoms with Gasteiger partial charge in [-0.1, -0.05) is 0 Å². The van der Waals surface area contributed by atoms with Gasteiger partial charge < -0.3 is 14.2 Å². The monoisotopic (exact) mass is 421 g/mol. The molecule has 0 unspecified atom stereocenters. The van der Waals surface area contributed by atoms with Gasteiger partial charge in [0.15, 0.2) is 0 Å². The summed E-state index contributed by atoms with van der Waals surface area (Å²) in [4.78, 5) is 26.5. The second kappa shape index (κ2) is 8.54. The number of likely N-dealkylation sites (tertiary alicyclic amines) is 1. The summed E-state index contributed by atoms with van der Waals surface area (Å²) < 4.78 is 42.8. The standard InChI is InChI=1S/C18H31NO8S/c1-6-25-15(20)13-10-18(12-24-8-7-9-26-28(5,22)23)11-14(18)19(13)16(21)27-17(2,3)4/h13-14H,6-12H2,1-5H3/t13-,14-,18+/m0/s1. The van der Waals surface area contributed by atoms with Crippen LogP contribution in [0, 0.1) is 5.41 Å². The van der Waals surface area contributed by atoms with Gasteiger partial charge in [-0.2, -0.15) is 8.42 Å². The molecule has 0 radical (unpaired) electrons. The van der Waals surface area contributed by atoms with E-state index in [1.165, 1.54) is 4.90 Å². The third kappa shape index (κ3) is 6.05.